The summed E-state index contributed by atoms with van der Waals surface area (Å²) in [4.78, 5) is 0.171. The third-order valence-corrected chi connectivity index (χ3v) is 6.25. The number of hydrogen-bond donors (Lipinski definition) is 1. The highest BCUT2D eigenvalue weighted by molar-refractivity contribution is 8.00. The second-order valence-electron chi connectivity index (χ2n) is 4.26. The highest BCUT2D eigenvalue weighted by atomic mass is 32.2. The number of thioether (sulfide) groups is 1. The van der Waals surface area contributed by atoms with Gasteiger partial charge in [-0.1, -0.05) is 13.0 Å². The fourth-order valence-electron chi connectivity index (χ4n) is 1.95. The maximum Gasteiger partial charge on any atom is 0.243 e. The molecule has 6 heteroatoms. The lowest BCUT2D eigenvalue weighted by Crippen LogP contribution is -2.41. The molecule has 0 aromatic heterocycles. The van der Waals surface area contributed by atoms with Crippen LogP contribution in [0, 0.1) is 0 Å². The summed E-state index contributed by atoms with van der Waals surface area (Å²) in [6, 6.07) is 5.86. The van der Waals surface area contributed by atoms with Gasteiger partial charge in [0.05, 0.1) is 4.90 Å². The van der Waals surface area contributed by atoms with E-state index in [0.29, 0.717) is 18.3 Å². The monoisotopic (exact) mass is 287 g/mol. The Bertz CT molecular complexity index is 516. The number of sulfonamides is 1. The molecule has 1 N–H and O–H groups in total. The number of phenols is 1. The van der Waals surface area contributed by atoms with Crippen molar-refractivity contribution in [1.29, 1.82) is 0 Å². The molecule has 1 fully saturated rings. The molecule has 100 valence electrons. The van der Waals surface area contributed by atoms with Crippen LogP contribution in [0.2, 0.25) is 0 Å². The first kappa shape index (κ1) is 13.7. The Labute approximate surface area is 112 Å². The topological polar surface area (TPSA) is 57.6 Å². The Hall–Kier alpha value is -0.720. The molecular weight excluding hydrogens is 270 g/mol. The molecule has 18 heavy (non-hydrogen) atoms. The summed E-state index contributed by atoms with van der Waals surface area (Å²) < 4.78 is 26.3. The van der Waals surface area contributed by atoms with Crippen molar-refractivity contribution in [3.63, 3.8) is 0 Å². The van der Waals surface area contributed by atoms with E-state index >= 15 is 0 Å². The summed E-state index contributed by atoms with van der Waals surface area (Å²) in [6.45, 7) is 3.17. The predicted molar refractivity (Wildman–Crippen MR) is 73.4 cm³/mol. The van der Waals surface area contributed by atoms with Crippen LogP contribution in [0.4, 0.5) is 0 Å². The smallest absolute Gasteiger partial charge is 0.243 e. The van der Waals surface area contributed by atoms with Crippen LogP contribution in [0.15, 0.2) is 29.2 Å². The minimum Gasteiger partial charge on any atom is -0.508 e. The van der Waals surface area contributed by atoms with Gasteiger partial charge in [-0.2, -0.15) is 16.1 Å². The lowest BCUT2D eigenvalue weighted by molar-refractivity contribution is 0.415. The largest absolute Gasteiger partial charge is 0.508 e. The van der Waals surface area contributed by atoms with Crippen molar-refractivity contribution >= 4 is 21.8 Å². The highest BCUT2D eigenvalue weighted by Gasteiger charge is 2.29. The van der Waals surface area contributed by atoms with Gasteiger partial charge in [0.1, 0.15) is 5.75 Å². The molecule has 1 aromatic rings. The lowest BCUT2D eigenvalue weighted by atomic mass is 10.3. The molecular formula is C12H17NO3S2. The van der Waals surface area contributed by atoms with Crippen molar-refractivity contribution in [3.8, 4) is 5.75 Å². The minimum absolute atomic E-state index is 0.0190. The van der Waals surface area contributed by atoms with Gasteiger partial charge in [0.2, 0.25) is 10.0 Å². The summed E-state index contributed by atoms with van der Waals surface area (Å²) in [5.74, 6) is 0.811. The van der Waals surface area contributed by atoms with Gasteiger partial charge in [-0.25, -0.2) is 8.42 Å². The molecule has 1 aliphatic rings. The Kier molecular flexibility index (Phi) is 4.19. The Morgan fingerprint density at radius 3 is 2.94 bits per heavy atom. The molecule has 1 saturated heterocycles. The summed E-state index contributed by atoms with van der Waals surface area (Å²) in [6.07, 6.45) is 0.969. The predicted octanol–water partition coefficient (Wildman–Crippen LogP) is 1.91. The van der Waals surface area contributed by atoms with Gasteiger partial charge in [-0.3, -0.25) is 0 Å². The van der Waals surface area contributed by atoms with Crippen molar-refractivity contribution < 1.29 is 13.5 Å². The van der Waals surface area contributed by atoms with E-state index in [4.69, 9.17) is 0 Å². The molecule has 0 amide bonds. The molecule has 0 radical (unpaired) electrons. The zero-order chi connectivity index (χ0) is 13.2. The van der Waals surface area contributed by atoms with E-state index in [2.05, 4.69) is 6.92 Å². The van der Waals surface area contributed by atoms with Crippen LogP contribution in [-0.4, -0.2) is 41.9 Å². The molecule has 1 atom stereocenters. The highest BCUT2D eigenvalue weighted by Crippen LogP contribution is 2.27. The SMILES string of the molecule is CCC1CN(S(=O)(=O)c2cccc(O)c2)CCS1. The molecule has 0 aliphatic carbocycles. The van der Waals surface area contributed by atoms with Gasteiger partial charge in [0.15, 0.2) is 0 Å². The minimum atomic E-state index is -3.47. The van der Waals surface area contributed by atoms with Gasteiger partial charge >= 0.3 is 0 Å². The molecule has 0 spiro atoms. The average Bonchev–Trinajstić information content (AvgIpc) is 2.39. The summed E-state index contributed by atoms with van der Waals surface area (Å²) in [5, 5.41) is 9.75. The van der Waals surface area contributed by atoms with Crippen molar-refractivity contribution in [2.75, 3.05) is 18.8 Å². The van der Waals surface area contributed by atoms with Crippen LogP contribution in [0.5, 0.6) is 5.75 Å². The maximum absolute atomic E-state index is 12.4. The zero-order valence-corrected chi connectivity index (χ0v) is 11.9. The van der Waals surface area contributed by atoms with Crippen molar-refractivity contribution in [3.05, 3.63) is 24.3 Å². The van der Waals surface area contributed by atoms with Crippen LogP contribution >= 0.6 is 11.8 Å². The molecule has 1 aromatic carbocycles. The standard InChI is InChI=1S/C12H17NO3S2/c1-2-11-9-13(6-7-17-11)18(15,16)12-5-3-4-10(14)8-12/h3-5,8,11,14H,2,6-7,9H2,1H3. The summed E-state index contributed by atoms with van der Waals surface area (Å²) >= 11 is 1.83. The van der Waals surface area contributed by atoms with Crippen LogP contribution in [0.25, 0.3) is 0 Å². The third kappa shape index (κ3) is 2.81. The lowest BCUT2D eigenvalue weighted by Gasteiger charge is -2.31. The molecule has 0 bridgehead atoms. The number of aromatic hydroxyl groups is 1. The first-order valence-electron chi connectivity index (χ1n) is 5.95. The van der Waals surface area contributed by atoms with E-state index in [0.717, 1.165) is 12.2 Å². The molecule has 1 unspecified atom stereocenters. The molecule has 4 nitrogen and oxygen atoms in total. The van der Waals surface area contributed by atoms with Gasteiger partial charge < -0.3 is 5.11 Å². The first-order valence-corrected chi connectivity index (χ1v) is 8.43. The maximum atomic E-state index is 12.4. The van der Waals surface area contributed by atoms with Crippen LogP contribution in [-0.2, 0) is 10.0 Å². The fraction of sp³-hybridized carbons (Fsp3) is 0.500. The van der Waals surface area contributed by atoms with E-state index < -0.39 is 10.0 Å². The van der Waals surface area contributed by atoms with Gasteiger partial charge in [0, 0.05) is 24.1 Å². The number of benzene rings is 1. The van der Waals surface area contributed by atoms with E-state index in [-0.39, 0.29) is 10.6 Å². The van der Waals surface area contributed by atoms with Gasteiger partial charge in [0.25, 0.3) is 0 Å². The van der Waals surface area contributed by atoms with Crippen LogP contribution < -0.4 is 0 Å². The molecule has 1 heterocycles. The molecule has 1 aliphatic heterocycles. The fourth-order valence-corrected chi connectivity index (χ4v) is 4.87. The Morgan fingerprint density at radius 2 is 2.28 bits per heavy atom. The second kappa shape index (κ2) is 5.50. The van der Waals surface area contributed by atoms with E-state index in [1.54, 1.807) is 6.07 Å². The number of rotatable bonds is 3. The summed E-state index contributed by atoms with van der Waals surface area (Å²) in [7, 11) is -3.47. The summed E-state index contributed by atoms with van der Waals surface area (Å²) in [5.41, 5.74) is 0. The quantitative estimate of drug-likeness (QED) is 0.922. The van der Waals surface area contributed by atoms with Crippen molar-refractivity contribution in [2.45, 2.75) is 23.5 Å². The van der Waals surface area contributed by atoms with Crippen LogP contribution in [0.3, 0.4) is 0 Å². The Balaban J connectivity index is 2.25. The van der Waals surface area contributed by atoms with Crippen molar-refractivity contribution in [1.82, 2.24) is 4.31 Å². The third-order valence-electron chi connectivity index (χ3n) is 3.01. The first-order chi connectivity index (χ1) is 8.54. The average molecular weight is 287 g/mol. The van der Waals surface area contributed by atoms with Gasteiger partial charge in [-0.15, -0.1) is 0 Å². The van der Waals surface area contributed by atoms with E-state index in [1.807, 2.05) is 11.8 Å². The number of hydrogen-bond acceptors (Lipinski definition) is 4. The zero-order valence-electron chi connectivity index (χ0n) is 10.2. The molecule has 0 saturated carbocycles. The number of phenolic OH excluding ortho intramolecular Hbond substituents is 1. The number of nitrogens with zero attached hydrogens (tertiary/aromatic N) is 1. The van der Waals surface area contributed by atoms with E-state index in [1.165, 1.54) is 22.5 Å². The second-order valence-corrected chi connectivity index (χ2v) is 7.61. The van der Waals surface area contributed by atoms with E-state index in [9.17, 15) is 13.5 Å². The Morgan fingerprint density at radius 1 is 1.50 bits per heavy atom. The molecule has 2 rings (SSSR count). The van der Waals surface area contributed by atoms with Crippen LogP contribution in [0.1, 0.15) is 13.3 Å². The van der Waals surface area contributed by atoms with Crippen molar-refractivity contribution in [2.24, 2.45) is 0 Å². The van der Waals surface area contributed by atoms with Gasteiger partial charge in [-0.05, 0) is 24.6 Å². The normalized spacial score (nSPS) is 21.9.